The summed E-state index contributed by atoms with van der Waals surface area (Å²) in [7, 11) is 2.08. The third kappa shape index (κ3) is 8.63. The van der Waals surface area contributed by atoms with Gasteiger partial charge >= 0.3 is 0 Å². The van der Waals surface area contributed by atoms with Crippen molar-refractivity contribution in [3.63, 3.8) is 0 Å². The molecule has 0 radical (unpaired) electrons. The van der Waals surface area contributed by atoms with Crippen LogP contribution in [0.5, 0.6) is 0 Å². The normalized spacial score (nSPS) is 12.1. The highest BCUT2D eigenvalue weighted by Crippen LogP contribution is 2.35. The highest BCUT2D eigenvalue weighted by molar-refractivity contribution is 5.74. The van der Waals surface area contributed by atoms with E-state index in [1.807, 2.05) is 4.70 Å². The monoisotopic (exact) mass is 571 g/mol. The minimum Gasteiger partial charge on any atom is -0.0909 e. The number of rotatable bonds is 14. The third-order valence-electron chi connectivity index (χ3n) is 8.46. The zero-order chi connectivity index (χ0) is 30.6. The Balaban J connectivity index is 1.75. The van der Waals surface area contributed by atoms with Crippen molar-refractivity contribution >= 4 is 11.8 Å². The van der Waals surface area contributed by atoms with Gasteiger partial charge in [0.15, 0.2) is 7.05 Å². The molecule has 0 saturated heterocycles. The molecule has 4 aromatic rings. The first-order chi connectivity index (χ1) is 20.9. The molecule has 0 atom stereocenters. The second-order valence-electron chi connectivity index (χ2n) is 12.0. The van der Waals surface area contributed by atoms with Gasteiger partial charge < -0.3 is 0 Å². The summed E-state index contributed by atoms with van der Waals surface area (Å²) in [5, 5.41) is 5.15. The fraction of sp³-hybridized carbons (Fsp3) is 0.366. The molecular weight excluding hydrogens is 520 g/mol. The Morgan fingerprint density at radius 2 is 1.23 bits per heavy atom. The molecule has 0 bridgehead atoms. The molecule has 2 nitrogen and oxygen atoms in total. The van der Waals surface area contributed by atoms with Crippen LogP contribution in [0.3, 0.4) is 0 Å². The van der Waals surface area contributed by atoms with Crippen LogP contribution in [0.4, 0.5) is 5.69 Å². The third-order valence-corrected chi connectivity index (χ3v) is 8.46. The Hall–Kier alpha value is -3.78. The molecule has 43 heavy (non-hydrogen) atoms. The van der Waals surface area contributed by atoms with Gasteiger partial charge in [0.25, 0.3) is 0 Å². The van der Waals surface area contributed by atoms with Crippen LogP contribution < -0.4 is 0 Å². The first-order valence-electron chi connectivity index (χ1n) is 16.5. The summed E-state index contributed by atoms with van der Waals surface area (Å²) < 4.78 is 2.05. The molecule has 0 saturated carbocycles. The Kier molecular flexibility index (Phi) is 12.1. The number of benzene rings is 4. The highest BCUT2D eigenvalue weighted by Gasteiger charge is 2.16. The van der Waals surface area contributed by atoms with E-state index in [1.54, 1.807) is 0 Å². The van der Waals surface area contributed by atoms with Crippen molar-refractivity contribution in [1.82, 2.24) is 0 Å². The number of azo groups is 2. The topological polar surface area (TPSA) is 15.4 Å². The van der Waals surface area contributed by atoms with Crippen molar-refractivity contribution in [1.29, 1.82) is 0 Å². The lowest BCUT2D eigenvalue weighted by molar-refractivity contribution is -0.510. The molecule has 0 unspecified atom stereocenters. The summed E-state index contributed by atoms with van der Waals surface area (Å²) in [6.07, 6.45) is 12.7. The van der Waals surface area contributed by atoms with Crippen molar-refractivity contribution in [3.05, 3.63) is 118 Å². The fourth-order valence-electron chi connectivity index (χ4n) is 5.99. The molecule has 4 rings (SSSR count). The average molecular weight is 572 g/mol. The largest absolute Gasteiger partial charge is 0.205 e. The molecule has 0 N–H and O–H groups in total. The first-order valence-corrected chi connectivity index (χ1v) is 16.5. The Morgan fingerprint density at radius 3 is 1.79 bits per heavy atom. The van der Waals surface area contributed by atoms with Crippen LogP contribution in [-0.4, -0.2) is 11.7 Å². The van der Waals surface area contributed by atoms with Crippen molar-refractivity contribution < 1.29 is 4.70 Å². The molecule has 0 aliphatic heterocycles. The standard InChI is InChI=1S/C41H51N2/c1-7-10-19-36-29-38(30-37(20-11-8-2)41(36)35-23-17-14-18-24-35)42-43(6)32(5)27-33-26-31(4)39(25-12-9-3)40(28-33)34-21-15-13-16-22-34/h13-18,21-24,26-30H,7-12,19-20,25H2,1-6H3/q+1. The fourth-order valence-corrected chi connectivity index (χ4v) is 5.99. The van der Waals surface area contributed by atoms with Crippen molar-refractivity contribution in [2.75, 3.05) is 7.05 Å². The second-order valence-corrected chi connectivity index (χ2v) is 12.0. The number of allylic oxidation sites excluding steroid dienone is 1. The molecule has 2 heteroatoms. The average Bonchev–Trinajstić information content (AvgIpc) is 3.02. The molecule has 0 fully saturated rings. The summed E-state index contributed by atoms with van der Waals surface area (Å²) >= 11 is 0. The van der Waals surface area contributed by atoms with Crippen LogP contribution >= 0.6 is 0 Å². The quantitative estimate of drug-likeness (QED) is 0.106. The van der Waals surface area contributed by atoms with E-state index in [9.17, 15) is 0 Å². The predicted molar refractivity (Wildman–Crippen MR) is 186 cm³/mol. The minimum absolute atomic E-state index is 1.04. The number of nitrogens with zero attached hydrogens (tertiary/aromatic N) is 2. The van der Waals surface area contributed by atoms with Gasteiger partial charge in [-0.1, -0.05) is 111 Å². The van der Waals surface area contributed by atoms with Crippen LogP contribution in [0.1, 0.15) is 94.0 Å². The lowest BCUT2D eigenvalue weighted by Gasteiger charge is -2.16. The van der Waals surface area contributed by atoms with Gasteiger partial charge in [0.2, 0.25) is 5.70 Å². The number of aryl methyl sites for hydroxylation is 3. The SMILES string of the molecule is CCCCc1cc(N=[N+](C)C(C)=Cc2cc(C)c(CCCC)c(-c3ccccc3)c2)cc(CCCC)c1-c1ccccc1. The maximum atomic E-state index is 5.15. The van der Waals surface area contributed by atoms with Gasteiger partial charge in [0.1, 0.15) is 5.69 Å². The molecule has 0 aliphatic rings. The van der Waals surface area contributed by atoms with E-state index in [2.05, 4.69) is 133 Å². The number of hydrogen-bond acceptors (Lipinski definition) is 1. The summed E-state index contributed by atoms with van der Waals surface area (Å²) in [6, 6.07) is 31.2. The molecule has 0 aliphatic carbocycles. The van der Waals surface area contributed by atoms with Gasteiger partial charge in [0, 0.05) is 13.0 Å². The van der Waals surface area contributed by atoms with Crippen LogP contribution in [0.15, 0.2) is 95.7 Å². The van der Waals surface area contributed by atoms with Crippen LogP contribution in [-0.2, 0) is 19.3 Å². The summed E-state index contributed by atoms with van der Waals surface area (Å²) in [6.45, 7) is 11.3. The van der Waals surface area contributed by atoms with E-state index in [1.165, 1.54) is 88.6 Å². The summed E-state index contributed by atoms with van der Waals surface area (Å²) in [5.74, 6) is 0. The number of hydrogen-bond donors (Lipinski definition) is 0. The molecule has 0 amide bonds. The van der Waals surface area contributed by atoms with Crippen LogP contribution in [0, 0.1) is 6.92 Å². The zero-order valence-corrected chi connectivity index (χ0v) is 27.4. The van der Waals surface area contributed by atoms with E-state index >= 15 is 0 Å². The van der Waals surface area contributed by atoms with Crippen LogP contribution in [0.25, 0.3) is 28.3 Å². The smallest absolute Gasteiger partial charge is 0.0909 e. The highest BCUT2D eigenvalue weighted by atomic mass is 15.2. The minimum atomic E-state index is 1.04. The van der Waals surface area contributed by atoms with E-state index in [0.717, 1.165) is 30.6 Å². The van der Waals surface area contributed by atoms with Gasteiger partial charge in [-0.25, -0.2) is 0 Å². The first kappa shape index (κ1) is 32.1. The Bertz CT molecular complexity index is 1500. The van der Waals surface area contributed by atoms with Gasteiger partial charge in [-0.05, 0) is 119 Å². The maximum absolute atomic E-state index is 5.15. The van der Waals surface area contributed by atoms with E-state index in [-0.39, 0.29) is 0 Å². The van der Waals surface area contributed by atoms with Gasteiger partial charge in [-0.15, -0.1) is 0 Å². The Morgan fingerprint density at radius 1 is 0.698 bits per heavy atom. The van der Waals surface area contributed by atoms with E-state index < -0.39 is 0 Å². The van der Waals surface area contributed by atoms with Gasteiger partial charge in [0.05, 0.1) is 0 Å². The molecular formula is C41H51N2+. The maximum Gasteiger partial charge on any atom is 0.205 e. The lowest BCUT2D eigenvalue weighted by Crippen LogP contribution is -2.01. The van der Waals surface area contributed by atoms with Gasteiger partial charge in [-0.2, -0.15) is 0 Å². The summed E-state index contributed by atoms with van der Waals surface area (Å²) in [5.41, 5.74) is 14.5. The molecule has 224 valence electrons. The van der Waals surface area contributed by atoms with Crippen molar-refractivity contribution in [3.8, 4) is 22.3 Å². The van der Waals surface area contributed by atoms with E-state index in [0.29, 0.717) is 0 Å². The lowest BCUT2D eigenvalue weighted by atomic mass is 9.89. The molecule has 0 spiro atoms. The van der Waals surface area contributed by atoms with Gasteiger partial charge in [-0.3, -0.25) is 0 Å². The molecule has 4 aromatic carbocycles. The van der Waals surface area contributed by atoms with E-state index in [4.69, 9.17) is 5.11 Å². The number of unbranched alkanes of at least 4 members (excludes halogenated alkanes) is 3. The molecule has 0 aromatic heterocycles. The predicted octanol–water partition coefficient (Wildman–Crippen LogP) is 12.1. The van der Waals surface area contributed by atoms with Crippen LogP contribution in [0.2, 0.25) is 0 Å². The van der Waals surface area contributed by atoms with Crippen molar-refractivity contribution in [2.24, 2.45) is 5.11 Å². The second kappa shape index (κ2) is 16.2. The summed E-state index contributed by atoms with van der Waals surface area (Å²) in [4.78, 5) is 0. The molecule has 0 heterocycles. The zero-order valence-electron chi connectivity index (χ0n) is 27.4. The Labute approximate surface area is 261 Å². The van der Waals surface area contributed by atoms with Crippen molar-refractivity contribution in [2.45, 2.75) is 92.4 Å².